The predicted octanol–water partition coefficient (Wildman–Crippen LogP) is 13.7. The zero-order chi connectivity index (χ0) is 39.8. The van der Waals surface area contributed by atoms with Gasteiger partial charge in [0.15, 0.2) is 0 Å². The van der Waals surface area contributed by atoms with E-state index in [2.05, 4.69) is 235 Å². The Morgan fingerprint density at radius 1 is 0.586 bits per heavy atom. The summed E-state index contributed by atoms with van der Waals surface area (Å²) in [4.78, 5) is 3.21. The van der Waals surface area contributed by atoms with E-state index in [9.17, 15) is 0 Å². The van der Waals surface area contributed by atoms with Crippen molar-refractivity contribution < 1.29 is 15.3 Å². The molecular formula is C53H50ClN3Pd. The second kappa shape index (κ2) is 18.4. The Bertz CT molecular complexity index is 2500. The summed E-state index contributed by atoms with van der Waals surface area (Å²) < 4.78 is 6.12. The Kier molecular flexibility index (Phi) is 12.5. The average Bonchev–Trinajstić information content (AvgIpc) is 3.66. The molecule has 0 spiro atoms. The van der Waals surface area contributed by atoms with Gasteiger partial charge >= 0.3 is 355 Å². The summed E-state index contributed by atoms with van der Waals surface area (Å²) in [7, 11) is 7.98. The van der Waals surface area contributed by atoms with Crippen LogP contribution in [0.1, 0.15) is 70.2 Å². The van der Waals surface area contributed by atoms with Crippen LogP contribution in [0.3, 0.4) is 0 Å². The van der Waals surface area contributed by atoms with Gasteiger partial charge in [-0.3, -0.25) is 0 Å². The number of aryl methyl sites for hydroxylation is 1. The van der Waals surface area contributed by atoms with Crippen LogP contribution in [-0.2, 0) is 15.3 Å². The standard InChI is InChI=1S/C44H41N3.C9H9.ClH.Pd/c1-4-45(5-2)41-28-18-27-38-31-46(32-47(38)41)44-39(42(34-19-10-6-11-20-34)35-21-12-7-13-22-35)29-33(3)30-40(44)43(36-23-14-8-15-24-36)37-25-16-9-17-26-37;1-2-6-9-7-4-3-5-8-9;;/h6-31,42-43H,4-5H2,1-3H3;2-8H,1H2;1H;/q;;;+1/p-1. The molecule has 2 aromatic heterocycles. The van der Waals surface area contributed by atoms with Gasteiger partial charge in [-0.1, -0.05) is 0 Å². The molecule has 0 unspecified atom stereocenters. The summed E-state index contributed by atoms with van der Waals surface area (Å²) in [6.07, 6.45) is 6.85. The van der Waals surface area contributed by atoms with Crippen LogP contribution in [0.15, 0.2) is 194 Å². The van der Waals surface area contributed by atoms with Crippen molar-refractivity contribution >= 4 is 26.9 Å². The van der Waals surface area contributed by atoms with Gasteiger partial charge in [0.25, 0.3) is 0 Å². The SMILES string of the molecule is CCN(CC)c1cccc2cn(-c3c(C(c4ccccc4)c4ccccc4)cc(C)cc3C(c3ccccc3)c3ccccc3)[c](=[Pd]([Cl])[CH2]C=Cc3ccccc3)n12. The quantitative estimate of drug-likeness (QED) is 0.0831. The van der Waals surface area contributed by atoms with Crippen LogP contribution in [0.4, 0.5) is 5.82 Å². The summed E-state index contributed by atoms with van der Waals surface area (Å²) in [5.74, 6) is 1.08. The molecule has 58 heavy (non-hydrogen) atoms. The first-order valence-corrected chi connectivity index (χ1v) is 24.0. The van der Waals surface area contributed by atoms with E-state index in [1.54, 1.807) is 0 Å². The fourth-order valence-corrected chi connectivity index (χ4v) is 11.5. The van der Waals surface area contributed by atoms with Gasteiger partial charge in [0.2, 0.25) is 0 Å². The molecule has 0 N–H and O–H groups in total. The molecule has 2 heterocycles. The van der Waals surface area contributed by atoms with Crippen molar-refractivity contribution in [2.75, 3.05) is 18.0 Å². The molecule has 0 saturated heterocycles. The Hall–Kier alpha value is -5.50. The van der Waals surface area contributed by atoms with E-state index in [0.29, 0.717) is 0 Å². The normalized spacial score (nSPS) is 12.8. The molecule has 0 amide bonds. The van der Waals surface area contributed by atoms with Crippen molar-refractivity contribution in [3.8, 4) is 5.69 Å². The van der Waals surface area contributed by atoms with E-state index in [0.717, 1.165) is 33.2 Å². The first kappa shape index (κ1) is 39.3. The van der Waals surface area contributed by atoms with Gasteiger partial charge in [-0.25, -0.2) is 0 Å². The molecule has 294 valence electrons. The van der Waals surface area contributed by atoms with Gasteiger partial charge in [0.1, 0.15) is 0 Å². The summed E-state index contributed by atoms with van der Waals surface area (Å²) in [5, 5.41) is 0. The van der Waals surface area contributed by atoms with E-state index >= 15 is 0 Å². The van der Waals surface area contributed by atoms with Crippen molar-refractivity contribution in [1.29, 1.82) is 0 Å². The first-order chi connectivity index (χ1) is 28.6. The van der Waals surface area contributed by atoms with Gasteiger partial charge in [-0.15, -0.1) is 0 Å². The molecule has 8 rings (SSSR count). The maximum absolute atomic E-state index is 7.98. The van der Waals surface area contributed by atoms with Crippen LogP contribution in [0.25, 0.3) is 17.3 Å². The van der Waals surface area contributed by atoms with E-state index in [1.807, 2.05) is 0 Å². The summed E-state index contributed by atoms with van der Waals surface area (Å²) in [5.41, 5.74) is 12.2. The van der Waals surface area contributed by atoms with Crippen LogP contribution in [-0.4, -0.2) is 22.1 Å². The molecule has 0 aliphatic rings. The van der Waals surface area contributed by atoms with Crippen LogP contribution in [0.5, 0.6) is 0 Å². The maximum atomic E-state index is 7.98. The summed E-state index contributed by atoms with van der Waals surface area (Å²) in [6, 6.07) is 66.1. The van der Waals surface area contributed by atoms with Crippen molar-refractivity contribution in [3.63, 3.8) is 0 Å². The number of anilines is 1. The van der Waals surface area contributed by atoms with Crippen molar-refractivity contribution in [1.82, 2.24) is 8.97 Å². The van der Waals surface area contributed by atoms with Crippen LogP contribution in [0.2, 0.25) is 4.89 Å². The van der Waals surface area contributed by atoms with Gasteiger partial charge in [-0.05, 0) is 0 Å². The van der Waals surface area contributed by atoms with Crippen LogP contribution in [0, 0.1) is 10.8 Å². The number of hydrogen-bond acceptors (Lipinski definition) is 1. The predicted molar refractivity (Wildman–Crippen MR) is 242 cm³/mol. The Balaban J connectivity index is 1.53. The number of hydrogen-bond donors (Lipinski definition) is 0. The second-order valence-corrected chi connectivity index (χ2v) is 18.9. The van der Waals surface area contributed by atoms with Gasteiger partial charge in [0, 0.05) is 0 Å². The van der Waals surface area contributed by atoms with Gasteiger partial charge < -0.3 is 0 Å². The number of pyridine rings is 1. The van der Waals surface area contributed by atoms with Crippen molar-refractivity contribution in [2.24, 2.45) is 0 Å². The molecule has 8 aromatic rings. The number of aromatic nitrogens is 2. The molecular weight excluding hydrogens is 820 g/mol. The molecule has 0 radical (unpaired) electrons. The van der Waals surface area contributed by atoms with Crippen LogP contribution >= 0.6 is 9.53 Å². The number of halogens is 1. The van der Waals surface area contributed by atoms with Gasteiger partial charge in [-0.2, -0.15) is 0 Å². The Labute approximate surface area is 352 Å². The fourth-order valence-electron chi connectivity index (χ4n) is 8.29. The molecule has 0 saturated carbocycles. The monoisotopic (exact) mass is 869 g/mol. The van der Waals surface area contributed by atoms with Crippen LogP contribution < -0.4 is 4.90 Å². The summed E-state index contributed by atoms with van der Waals surface area (Å²) in [6.45, 7) is 8.51. The van der Waals surface area contributed by atoms with Crippen molar-refractivity contribution in [3.05, 3.63) is 243 Å². The van der Waals surface area contributed by atoms with E-state index < -0.39 is 15.3 Å². The minimum absolute atomic E-state index is 0.0420. The third-order valence-electron chi connectivity index (χ3n) is 10.9. The molecule has 0 atom stereocenters. The number of fused-ring (bicyclic) bond motifs is 1. The molecule has 3 nitrogen and oxygen atoms in total. The van der Waals surface area contributed by atoms with Crippen molar-refractivity contribution in [2.45, 2.75) is 37.5 Å². The Morgan fingerprint density at radius 2 is 1.03 bits per heavy atom. The van der Waals surface area contributed by atoms with E-state index in [4.69, 9.17) is 9.53 Å². The summed E-state index contributed by atoms with van der Waals surface area (Å²) >= 11 is -1.93. The molecule has 0 fully saturated rings. The third kappa shape index (κ3) is 8.25. The molecule has 5 heteroatoms. The zero-order valence-corrected chi connectivity index (χ0v) is 35.7. The number of rotatable bonds is 13. The topological polar surface area (TPSA) is 12.6 Å². The average molecular weight is 871 g/mol. The van der Waals surface area contributed by atoms with Gasteiger partial charge in [0.05, 0.1) is 0 Å². The molecule has 0 bridgehead atoms. The molecule has 0 aliphatic heterocycles. The second-order valence-electron chi connectivity index (χ2n) is 14.6. The molecule has 6 aromatic carbocycles. The first-order valence-electron chi connectivity index (χ1n) is 20.2. The number of nitrogens with zero attached hydrogens (tertiary/aromatic N) is 3. The Morgan fingerprint density at radius 3 is 1.48 bits per heavy atom. The minimum atomic E-state index is -1.93. The number of allylic oxidation sites excluding steroid dienone is 1. The van der Waals surface area contributed by atoms with E-state index in [-0.39, 0.29) is 11.8 Å². The van der Waals surface area contributed by atoms with E-state index in [1.165, 1.54) is 50.2 Å². The number of imidazole rings is 1. The number of benzene rings is 6. The molecule has 0 aliphatic carbocycles. The fraction of sp³-hybridized carbons (Fsp3) is 0.151. The third-order valence-corrected chi connectivity index (χ3v) is 14.5. The zero-order valence-electron chi connectivity index (χ0n) is 33.4.